The van der Waals surface area contributed by atoms with Gasteiger partial charge in [0.15, 0.2) is 0 Å². The molecule has 1 aromatic carbocycles. The van der Waals surface area contributed by atoms with Crippen molar-refractivity contribution in [1.29, 1.82) is 0 Å². The Morgan fingerprint density at radius 2 is 2.05 bits per heavy atom. The van der Waals surface area contributed by atoms with E-state index in [9.17, 15) is 8.42 Å². The normalized spacial score (nSPS) is 12.3. The second kappa shape index (κ2) is 4.69. The molecule has 7 heteroatoms. The molecule has 104 valence electrons. The van der Waals surface area contributed by atoms with Gasteiger partial charge >= 0.3 is 0 Å². The van der Waals surface area contributed by atoms with Gasteiger partial charge in [0.1, 0.15) is 5.82 Å². The third-order valence-electron chi connectivity index (χ3n) is 3.03. The van der Waals surface area contributed by atoms with Crippen LogP contribution in [-0.2, 0) is 10.0 Å². The first-order valence-electron chi connectivity index (χ1n) is 5.93. The van der Waals surface area contributed by atoms with Crippen LogP contribution in [0.2, 0.25) is 0 Å². The van der Waals surface area contributed by atoms with Gasteiger partial charge in [-0.2, -0.15) is 11.3 Å². The maximum Gasteiger partial charge on any atom is 0.242 e. The largest absolute Gasteiger partial charge is 0.338 e. The van der Waals surface area contributed by atoms with Crippen LogP contribution in [0, 0.1) is 0 Å². The highest BCUT2D eigenvalue weighted by molar-refractivity contribution is 7.89. The summed E-state index contributed by atoms with van der Waals surface area (Å²) in [5.74, 6) is 0.751. The summed E-state index contributed by atoms with van der Waals surface area (Å²) in [6.45, 7) is 0. The van der Waals surface area contributed by atoms with E-state index in [4.69, 9.17) is 0 Å². The number of benzene rings is 1. The molecule has 5 nitrogen and oxygen atoms in total. The average molecular weight is 307 g/mol. The van der Waals surface area contributed by atoms with Gasteiger partial charge in [-0.25, -0.2) is 17.7 Å². The molecule has 3 rings (SSSR count). The minimum absolute atomic E-state index is 0.260. The first-order valence-corrected chi connectivity index (χ1v) is 8.31. The summed E-state index contributed by atoms with van der Waals surface area (Å²) in [5.41, 5.74) is 2.47. The Hall–Kier alpha value is -1.70. The van der Waals surface area contributed by atoms with Gasteiger partial charge in [-0.15, -0.1) is 0 Å². The van der Waals surface area contributed by atoms with Crippen molar-refractivity contribution in [2.24, 2.45) is 0 Å². The second-order valence-corrected chi connectivity index (χ2v) is 7.50. The van der Waals surface area contributed by atoms with E-state index in [2.05, 4.69) is 9.97 Å². The standard InChI is InChI=1S/C13H13N3O2S2/c1-16(2)20(17,18)10-3-4-11-12(7-10)15-13(14-11)9-5-6-19-8-9/h3-8H,1-2H3,(H,14,15). The zero-order valence-corrected chi connectivity index (χ0v) is 12.6. The van der Waals surface area contributed by atoms with Crippen molar-refractivity contribution in [3.63, 3.8) is 0 Å². The average Bonchev–Trinajstić information content (AvgIpc) is 3.06. The number of sulfonamides is 1. The van der Waals surface area contributed by atoms with Gasteiger partial charge in [0.2, 0.25) is 10.0 Å². The van der Waals surface area contributed by atoms with Crippen molar-refractivity contribution in [2.45, 2.75) is 4.90 Å². The predicted molar refractivity (Wildman–Crippen MR) is 80.3 cm³/mol. The summed E-state index contributed by atoms with van der Waals surface area (Å²) in [7, 11) is -0.391. The molecule has 2 aromatic heterocycles. The van der Waals surface area contributed by atoms with Gasteiger partial charge in [-0.3, -0.25) is 0 Å². The van der Waals surface area contributed by atoms with Gasteiger partial charge in [0.05, 0.1) is 15.9 Å². The monoisotopic (exact) mass is 307 g/mol. The highest BCUT2D eigenvalue weighted by atomic mass is 32.2. The van der Waals surface area contributed by atoms with Crippen molar-refractivity contribution >= 4 is 32.4 Å². The molecule has 0 fully saturated rings. The highest BCUT2D eigenvalue weighted by Gasteiger charge is 2.18. The van der Waals surface area contributed by atoms with E-state index in [1.165, 1.54) is 18.4 Å². The van der Waals surface area contributed by atoms with Crippen LogP contribution in [0.3, 0.4) is 0 Å². The van der Waals surface area contributed by atoms with Crippen LogP contribution in [0.15, 0.2) is 39.9 Å². The van der Waals surface area contributed by atoms with Crippen molar-refractivity contribution < 1.29 is 8.42 Å². The smallest absolute Gasteiger partial charge is 0.242 e. The molecular formula is C13H13N3O2S2. The maximum atomic E-state index is 12.1. The molecule has 2 heterocycles. The van der Waals surface area contributed by atoms with Crippen molar-refractivity contribution in [1.82, 2.24) is 14.3 Å². The van der Waals surface area contributed by atoms with Crippen molar-refractivity contribution in [3.8, 4) is 11.4 Å². The summed E-state index contributed by atoms with van der Waals surface area (Å²) < 4.78 is 25.4. The maximum absolute atomic E-state index is 12.1. The highest BCUT2D eigenvalue weighted by Crippen LogP contribution is 2.24. The third-order valence-corrected chi connectivity index (χ3v) is 5.52. The molecule has 20 heavy (non-hydrogen) atoms. The Morgan fingerprint density at radius 3 is 2.70 bits per heavy atom. The zero-order valence-electron chi connectivity index (χ0n) is 11.0. The van der Waals surface area contributed by atoms with Gasteiger partial charge in [-0.05, 0) is 29.6 Å². The van der Waals surface area contributed by atoms with Gasteiger partial charge in [0.25, 0.3) is 0 Å². The summed E-state index contributed by atoms with van der Waals surface area (Å²) in [6.07, 6.45) is 0. The summed E-state index contributed by atoms with van der Waals surface area (Å²) in [6, 6.07) is 6.89. The lowest BCUT2D eigenvalue weighted by Crippen LogP contribution is -2.22. The number of nitrogens with zero attached hydrogens (tertiary/aromatic N) is 2. The molecule has 0 unspecified atom stereocenters. The molecule has 0 aliphatic rings. The van der Waals surface area contributed by atoms with Gasteiger partial charge < -0.3 is 4.98 Å². The SMILES string of the molecule is CN(C)S(=O)(=O)c1ccc2nc(-c3ccsc3)[nH]c2c1. The lowest BCUT2D eigenvalue weighted by atomic mass is 10.3. The lowest BCUT2D eigenvalue weighted by molar-refractivity contribution is 0.521. The van der Waals surface area contributed by atoms with E-state index in [-0.39, 0.29) is 4.90 Å². The fourth-order valence-electron chi connectivity index (χ4n) is 1.90. The van der Waals surface area contributed by atoms with Crippen LogP contribution >= 0.6 is 11.3 Å². The molecular weight excluding hydrogens is 294 g/mol. The molecule has 0 aliphatic carbocycles. The molecule has 0 spiro atoms. The van der Waals surface area contributed by atoms with E-state index >= 15 is 0 Å². The lowest BCUT2D eigenvalue weighted by Gasteiger charge is -2.10. The van der Waals surface area contributed by atoms with Crippen LogP contribution < -0.4 is 0 Å². The number of hydrogen-bond acceptors (Lipinski definition) is 4. The fraction of sp³-hybridized carbons (Fsp3) is 0.154. The third kappa shape index (κ3) is 2.13. The van der Waals surface area contributed by atoms with Crippen LogP contribution in [0.5, 0.6) is 0 Å². The molecule has 0 bridgehead atoms. The molecule has 0 radical (unpaired) electrons. The number of rotatable bonds is 3. The topological polar surface area (TPSA) is 66.1 Å². The number of nitrogens with one attached hydrogen (secondary N) is 1. The number of aromatic nitrogens is 2. The summed E-state index contributed by atoms with van der Waals surface area (Å²) in [4.78, 5) is 7.89. The first-order chi connectivity index (χ1) is 9.48. The van der Waals surface area contributed by atoms with Crippen LogP contribution in [-0.4, -0.2) is 36.8 Å². The number of hydrogen-bond donors (Lipinski definition) is 1. The Balaban J connectivity index is 2.13. The number of imidazole rings is 1. The molecule has 0 aliphatic heterocycles. The second-order valence-electron chi connectivity index (χ2n) is 4.56. The Morgan fingerprint density at radius 1 is 1.25 bits per heavy atom. The molecule has 0 amide bonds. The van der Waals surface area contributed by atoms with Crippen molar-refractivity contribution in [2.75, 3.05) is 14.1 Å². The van der Waals surface area contributed by atoms with E-state index in [0.717, 1.165) is 16.9 Å². The minimum Gasteiger partial charge on any atom is -0.338 e. The van der Waals surface area contributed by atoms with Crippen LogP contribution in [0.4, 0.5) is 0 Å². The van der Waals surface area contributed by atoms with E-state index < -0.39 is 10.0 Å². The number of thiophene rings is 1. The van der Waals surface area contributed by atoms with Gasteiger partial charge in [-0.1, -0.05) is 0 Å². The Bertz CT molecular complexity index is 849. The number of aromatic amines is 1. The van der Waals surface area contributed by atoms with E-state index in [0.29, 0.717) is 5.52 Å². The predicted octanol–water partition coefficient (Wildman–Crippen LogP) is 2.54. The summed E-state index contributed by atoms with van der Waals surface area (Å²) >= 11 is 1.59. The quantitative estimate of drug-likeness (QED) is 0.808. The summed E-state index contributed by atoms with van der Waals surface area (Å²) in [5, 5.41) is 3.97. The molecule has 3 aromatic rings. The Labute approximate surface area is 120 Å². The molecule has 1 N–H and O–H groups in total. The molecule has 0 saturated heterocycles. The number of fused-ring (bicyclic) bond motifs is 1. The van der Waals surface area contributed by atoms with E-state index in [1.807, 2.05) is 16.8 Å². The van der Waals surface area contributed by atoms with Crippen LogP contribution in [0.25, 0.3) is 22.4 Å². The van der Waals surface area contributed by atoms with Crippen molar-refractivity contribution in [3.05, 3.63) is 35.0 Å². The zero-order chi connectivity index (χ0) is 14.3. The molecule has 0 atom stereocenters. The van der Waals surface area contributed by atoms with E-state index in [1.54, 1.807) is 29.5 Å². The van der Waals surface area contributed by atoms with Crippen LogP contribution in [0.1, 0.15) is 0 Å². The van der Waals surface area contributed by atoms with Gasteiger partial charge in [0, 0.05) is 25.0 Å². The minimum atomic E-state index is -3.43. The Kier molecular flexibility index (Phi) is 3.12. The molecule has 0 saturated carbocycles. The fourth-order valence-corrected chi connectivity index (χ4v) is 3.46. The first kappa shape index (κ1) is 13.3. The number of H-pyrrole nitrogens is 1.